The number of nitrogens with zero attached hydrogens (tertiary/aromatic N) is 1. The van der Waals surface area contributed by atoms with Crippen LogP contribution >= 0.6 is 0 Å². The molecule has 4 heteroatoms. The lowest BCUT2D eigenvalue weighted by atomic mass is 9.84. The summed E-state index contributed by atoms with van der Waals surface area (Å²) >= 11 is 0. The average molecular weight is 260 g/mol. The lowest BCUT2D eigenvalue weighted by Crippen LogP contribution is -2.47. The van der Waals surface area contributed by atoms with Gasteiger partial charge in [0.2, 0.25) is 0 Å². The number of amides is 1. The first-order valence-corrected chi connectivity index (χ1v) is 6.82. The third-order valence-corrected chi connectivity index (χ3v) is 4.70. The summed E-state index contributed by atoms with van der Waals surface area (Å²) in [5.74, 6) is 1.24. The summed E-state index contributed by atoms with van der Waals surface area (Å²) in [7, 11) is 0. The molecule has 0 spiro atoms. The zero-order valence-electron chi connectivity index (χ0n) is 11.4. The normalized spacial score (nSPS) is 28.4. The highest BCUT2D eigenvalue weighted by atomic mass is 16.3. The van der Waals surface area contributed by atoms with Crippen molar-refractivity contribution in [2.45, 2.75) is 19.4 Å². The second-order valence-electron chi connectivity index (χ2n) is 6.14. The van der Waals surface area contributed by atoms with Crippen LogP contribution < -0.4 is 5.32 Å². The van der Waals surface area contributed by atoms with Gasteiger partial charge in [-0.05, 0) is 43.9 Å². The molecule has 0 saturated carbocycles. The maximum absolute atomic E-state index is 12.6. The minimum absolute atomic E-state index is 0.0234. The van der Waals surface area contributed by atoms with Crippen molar-refractivity contribution < 1.29 is 9.90 Å². The van der Waals surface area contributed by atoms with E-state index in [9.17, 15) is 9.90 Å². The van der Waals surface area contributed by atoms with Gasteiger partial charge in [-0.15, -0.1) is 0 Å². The maximum Gasteiger partial charge on any atom is 0.254 e. The highest BCUT2D eigenvalue weighted by Crippen LogP contribution is 2.41. The van der Waals surface area contributed by atoms with Crippen molar-refractivity contribution in [2.75, 3.05) is 19.6 Å². The van der Waals surface area contributed by atoms with Gasteiger partial charge in [0.25, 0.3) is 5.91 Å². The monoisotopic (exact) mass is 260 g/mol. The van der Waals surface area contributed by atoms with E-state index in [1.165, 1.54) is 0 Å². The molecule has 2 unspecified atom stereocenters. The summed E-state index contributed by atoms with van der Waals surface area (Å²) in [5, 5.41) is 12.9. The third kappa shape index (κ3) is 1.91. The molecular formula is C15H20N2O2. The smallest absolute Gasteiger partial charge is 0.254 e. The number of hydrogen-bond acceptors (Lipinski definition) is 3. The van der Waals surface area contributed by atoms with Crippen LogP contribution in [0.1, 0.15) is 24.2 Å². The highest BCUT2D eigenvalue weighted by Gasteiger charge is 2.51. The number of nitrogens with one attached hydrogen (secondary N) is 1. The summed E-state index contributed by atoms with van der Waals surface area (Å²) < 4.78 is 0. The Morgan fingerprint density at radius 1 is 1.42 bits per heavy atom. The number of phenols is 1. The van der Waals surface area contributed by atoms with Gasteiger partial charge in [0, 0.05) is 30.7 Å². The number of rotatable bonds is 1. The van der Waals surface area contributed by atoms with Gasteiger partial charge in [-0.3, -0.25) is 4.79 Å². The molecule has 19 heavy (non-hydrogen) atoms. The summed E-state index contributed by atoms with van der Waals surface area (Å²) in [6.45, 7) is 7.08. The van der Waals surface area contributed by atoms with Gasteiger partial charge < -0.3 is 15.3 Å². The molecule has 2 heterocycles. The van der Waals surface area contributed by atoms with E-state index >= 15 is 0 Å². The molecule has 0 aliphatic carbocycles. The maximum atomic E-state index is 12.6. The predicted molar refractivity (Wildman–Crippen MR) is 73.1 cm³/mol. The van der Waals surface area contributed by atoms with E-state index < -0.39 is 0 Å². The Bertz CT molecular complexity index is 513. The van der Waals surface area contributed by atoms with Gasteiger partial charge in [0.1, 0.15) is 5.75 Å². The van der Waals surface area contributed by atoms with Crippen LogP contribution in [0.15, 0.2) is 24.3 Å². The number of benzene rings is 1. The summed E-state index contributed by atoms with van der Waals surface area (Å²) in [6, 6.07) is 6.62. The van der Waals surface area contributed by atoms with E-state index in [2.05, 4.69) is 19.2 Å². The van der Waals surface area contributed by atoms with Crippen LogP contribution in [-0.4, -0.2) is 41.1 Å². The topological polar surface area (TPSA) is 52.6 Å². The first-order chi connectivity index (χ1) is 9.00. The molecule has 3 rings (SSSR count). The Labute approximate surface area is 113 Å². The van der Waals surface area contributed by atoms with Gasteiger partial charge in [-0.2, -0.15) is 0 Å². The standard InChI is InChI=1S/C15H20N2O2/c1-15(2)13-8-16-7-11(13)9-17(15)14(19)10-4-3-5-12(18)6-10/h3-6,11,13,16,18H,7-9H2,1-2H3. The van der Waals surface area contributed by atoms with E-state index in [1.807, 2.05) is 4.90 Å². The molecule has 2 N–H and O–H groups in total. The van der Waals surface area contributed by atoms with Crippen LogP contribution in [0, 0.1) is 11.8 Å². The Balaban J connectivity index is 1.88. The van der Waals surface area contributed by atoms with Gasteiger partial charge >= 0.3 is 0 Å². The second kappa shape index (κ2) is 4.23. The fourth-order valence-electron chi connectivity index (χ4n) is 3.56. The van der Waals surface area contributed by atoms with Crippen LogP contribution in [0.3, 0.4) is 0 Å². The van der Waals surface area contributed by atoms with Crippen molar-refractivity contribution in [2.24, 2.45) is 11.8 Å². The molecule has 1 amide bonds. The molecular weight excluding hydrogens is 240 g/mol. The van der Waals surface area contributed by atoms with Gasteiger partial charge in [-0.25, -0.2) is 0 Å². The number of aromatic hydroxyl groups is 1. The molecule has 2 atom stereocenters. The molecule has 0 bridgehead atoms. The van der Waals surface area contributed by atoms with Crippen molar-refractivity contribution in [3.63, 3.8) is 0 Å². The zero-order chi connectivity index (χ0) is 13.6. The van der Waals surface area contributed by atoms with Crippen molar-refractivity contribution in [1.29, 1.82) is 0 Å². The molecule has 1 aromatic rings. The number of fused-ring (bicyclic) bond motifs is 1. The number of hydrogen-bond donors (Lipinski definition) is 2. The van der Waals surface area contributed by atoms with Gasteiger partial charge in [0.05, 0.1) is 0 Å². The van der Waals surface area contributed by atoms with E-state index in [0.717, 1.165) is 19.6 Å². The second-order valence-corrected chi connectivity index (χ2v) is 6.14. The van der Waals surface area contributed by atoms with Crippen molar-refractivity contribution in [1.82, 2.24) is 10.2 Å². The highest BCUT2D eigenvalue weighted by molar-refractivity contribution is 5.95. The number of likely N-dealkylation sites (tertiary alicyclic amines) is 1. The first kappa shape index (κ1) is 12.5. The SMILES string of the molecule is CC1(C)C2CNCC2CN1C(=O)c1cccc(O)c1. The van der Waals surface area contributed by atoms with Gasteiger partial charge in [0.15, 0.2) is 0 Å². The van der Waals surface area contributed by atoms with Crippen LogP contribution in [0.5, 0.6) is 5.75 Å². The predicted octanol–water partition coefficient (Wildman–Crippen LogP) is 1.46. The quantitative estimate of drug-likeness (QED) is 0.804. The molecule has 2 saturated heterocycles. The van der Waals surface area contributed by atoms with Crippen molar-refractivity contribution in [3.8, 4) is 5.75 Å². The fraction of sp³-hybridized carbons (Fsp3) is 0.533. The largest absolute Gasteiger partial charge is 0.508 e. The number of carbonyl (C=O) groups is 1. The van der Waals surface area contributed by atoms with E-state index in [1.54, 1.807) is 24.3 Å². The van der Waals surface area contributed by atoms with Crippen LogP contribution in [-0.2, 0) is 0 Å². The Morgan fingerprint density at radius 3 is 2.89 bits per heavy atom. The Hall–Kier alpha value is -1.55. The fourth-order valence-corrected chi connectivity index (χ4v) is 3.56. The van der Waals surface area contributed by atoms with E-state index in [0.29, 0.717) is 17.4 Å². The Morgan fingerprint density at radius 2 is 2.21 bits per heavy atom. The molecule has 4 nitrogen and oxygen atoms in total. The lowest BCUT2D eigenvalue weighted by Gasteiger charge is -2.35. The van der Waals surface area contributed by atoms with Crippen LogP contribution in [0.2, 0.25) is 0 Å². The van der Waals surface area contributed by atoms with E-state index in [4.69, 9.17) is 0 Å². The first-order valence-electron chi connectivity index (χ1n) is 6.82. The van der Waals surface area contributed by atoms with Crippen molar-refractivity contribution >= 4 is 5.91 Å². The number of phenolic OH excluding ortho intramolecular Hbond substituents is 1. The lowest BCUT2D eigenvalue weighted by molar-refractivity contribution is 0.0603. The molecule has 102 valence electrons. The minimum atomic E-state index is -0.128. The van der Waals surface area contributed by atoms with Gasteiger partial charge in [-0.1, -0.05) is 6.07 Å². The van der Waals surface area contributed by atoms with Crippen LogP contribution in [0.25, 0.3) is 0 Å². The van der Waals surface area contributed by atoms with E-state index in [-0.39, 0.29) is 17.2 Å². The average Bonchev–Trinajstić information content (AvgIpc) is 2.91. The molecule has 2 aliphatic heterocycles. The summed E-state index contributed by atoms with van der Waals surface area (Å²) in [4.78, 5) is 14.6. The molecule has 1 aromatic carbocycles. The molecule has 0 radical (unpaired) electrons. The molecule has 2 aliphatic rings. The minimum Gasteiger partial charge on any atom is -0.508 e. The number of carbonyl (C=O) groups excluding carboxylic acids is 1. The Kier molecular flexibility index (Phi) is 2.78. The summed E-state index contributed by atoms with van der Waals surface area (Å²) in [6.07, 6.45) is 0. The zero-order valence-corrected chi connectivity index (χ0v) is 11.4. The molecule has 0 aromatic heterocycles. The van der Waals surface area contributed by atoms with Crippen LogP contribution in [0.4, 0.5) is 0 Å². The third-order valence-electron chi connectivity index (χ3n) is 4.70. The summed E-state index contributed by atoms with van der Waals surface area (Å²) in [5.41, 5.74) is 0.442. The van der Waals surface area contributed by atoms with Crippen molar-refractivity contribution in [3.05, 3.63) is 29.8 Å². The molecule has 2 fully saturated rings.